The SMILES string of the molecule is CNS(=O)(=O)c1ccc(C)c(NC(=O)C2(C#N)CC2)c1. The Hall–Kier alpha value is -1.91. The first-order chi connectivity index (χ1) is 9.34. The fourth-order valence-electron chi connectivity index (χ4n) is 1.78. The van der Waals surface area contributed by atoms with E-state index in [1.165, 1.54) is 19.2 Å². The van der Waals surface area contributed by atoms with Crippen LogP contribution in [0.1, 0.15) is 18.4 Å². The molecule has 0 aliphatic heterocycles. The Balaban J connectivity index is 2.31. The van der Waals surface area contributed by atoms with Gasteiger partial charge in [-0.1, -0.05) is 6.07 Å². The van der Waals surface area contributed by atoms with Gasteiger partial charge < -0.3 is 5.32 Å². The van der Waals surface area contributed by atoms with E-state index in [-0.39, 0.29) is 10.8 Å². The van der Waals surface area contributed by atoms with Gasteiger partial charge in [-0.05, 0) is 44.5 Å². The zero-order chi connectivity index (χ0) is 15.0. The summed E-state index contributed by atoms with van der Waals surface area (Å²) in [6, 6.07) is 6.48. The number of anilines is 1. The Morgan fingerprint density at radius 2 is 2.05 bits per heavy atom. The summed E-state index contributed by atoms with van der Waals surface area (Å²) < 4.78 is 25.7. The lowest BCUT2D eigenvalue weighted by atomic mass is 10.1. The van der Waals surface area contributed by atoms with Gasteiger partial charge in [-0.25, -0.2) is 13.1 Å². The third kappa shape index (κ3) is 2.53. The lowest BCUT2D eigenvalue weighted by molar-refractivity contribution is -0.119. The fraction of sp³-hybridized carbons (Fsp3) is 0.385. The Morgan fingerprint density at radius 3 is 2.55 bits per heavy atom. The molecule has 0 saturated heterocycles. The molecule has 1 aliphatic rings. The summed E-state index contributed by atoms with van der Waals surface area (Å²) in [7, 11) is -2.24. The molecule has 2 rings (SSSR count). The van der Waals surface area contributed by atoms with E-state index in [0.717, 1.165) is 5.56 Å². The van der Waals surface area contributed by atoms with Crippen molar-refractivity contribution in [3.63, 3.8) is 0 Å². The first kappa shape index (κ1) is 14.5. The lowest BCUT2D eigenvalue weighted by Crippen LogP contribution is -2.24. The molecule has 1 aromatic rings. The second-order valence-electron chi connectivity index (χ2n) is 4.83. The van der Waals surface area contributed by atoms with Crippen molar-refractivity contribution in [1.82, 2.24) is 4.72 Å². The Labute approximate surface area is 117 Å². The summed E-state index contributed by atoms with van der Waals surface area (Å²) in [6.45, 7) is 1.76. The largest absolute Gasteiger partial charge is 0.324 e. The van der Waals surface area contributed by atoms with E-state index in [1.807, 2.05) is 6.07 Å². The molecule has 0 spiro atoms. The van der Waals surface area contributed by atoms with Crippen molar-refractivity contribution < 1.29 is 13.2 Å². The Morgan fingerprint density at radius 1 is 1.40 bits per heavy atom. The van der Waals surface area contributed by atoms with Crippen molar-refractivity contribution in [2.24, 2.45) is 5.41 Å². The van der Waals surface area contributed by atoms with Crippen molar-refractivity contribution in [3.05, 3.63) is 23.8 Å². The molecule has 1 aliphatic carbocycles. The third-order valence-corrected chi connectivity index (χ3v) is 4.85. The topological polar surface area (TPSA) is 99.1 Å². The number of aryl methyl sites for hydroxylation is 1. The zero-order valence-electron chi connectivity index (χ0n) is 11.2. The van der Waals surface area contributed by atoms with Crippen LogP contribution in [0, 0.1) is 23.7 Å². The van der Waals surface area contributed by atoms with E-state index in [0.29, 0.717) is 18.5 Å². The van der Waals surface area contributed by atoms with Crippen LogP contribution in [-0.2, 0) is 14.8 Å². The molecule has 7 heteroatoms. The third-order valence-electron chi connectivity index (χ3n) is 3.43. The summed E-state index contributed by atoms with van der Waals surface area (Å²) >= 11 is 0. The van der Waals surface area contributed by atoms with Gasteiger partial charge in [0, 0.05) is 5.69 Å². The number of nitrogens with zero attached hydrogens (tertiary/aromatic N) is 1. The van der Waals surface area contributed by atoms with E-state index in [2.05, 4.69) is 10.0 Å². The molecule has 0 bridgehead atoms. The minimum Gasteiger partial charge on any atom is -0.324 e. The molecule has 20 heavy (non-hydrogen) atoms. The molecular formula is C13H15N3O3S. The van der Waals surface area contributed by atoms with Crippen LogP contribution < -0.4 is 10.0 Å². The number of benzene rings is 1. The van der Waals surface area contributed by atoms with E-state index < -0.39 is 15.4 Å². The van der Waals surface area contributed by atoms with Gasteiger partial charge in [-0.2, -0.15) is 5.26 Å². The number of nitriles is 1. The normalized spacial score (nSPS) is 16.2. The van der Waals surface area contributed by atoms with Crippen LogP contribution in [0.15, 0.2) is 23.1 Å². The minimum atomic E-state index is -3.56. The average Bonchev–Trinajstić information content (AvgIpc) is 3.22. The van der Waals surface area contributed by atoms with Gasteiger partial charge >= 0.3 is 0 Å². The average molecular weight is 293 g/mol. The Bertz CT molecular complexity index is 700. The number of nitrogens with one attached hydrogen (secondary N) is 2. The van der Waals surface area contributed by atoms with Crippen LogP contribution in [0.3, 0.4) is 0 Å². The number of rotatable bonds is 4. The number of sulfonamides is 1. The summed E-state index contributed by atoms with van der Waals surface area (Å²) in [6.07, 6.45) is 1.09. The van der Waals surface area contributed by atoms with Crippen molar-refractivity contribution >= 4 is 21.6 Å². The van der Waals surface area contributed by atoms with E-state index in [4.69, 9.17) is 5.26 Å². The highest BCUT2D eigenvalue weighted by Gasteiger charge is 2.50. The predicted octanol–water partition coefficient (Wildman–Crippen LogP) is 1.15. The molecule has 6 nitrogen and oxygen atoms in total. The van der Waals surface area contributed by atoms with Crippen LogP contribution in [0.2, 0.25) is 0 Å². The van der Waals surface area contributed by atoms with Gasteiger partial charge in [0.25, 0.3) is 0 Å². The van der Waals surface area contributed by atoms with Crippen LogP contribution in [0.5, 0.6) is 0 Å². The zero-order valence-corrected chi connectivity index (χ0v) is 12.0. The highest BCUT2D eigenvalue weighted by atomic mass is 32.2. The summed E-state index contributed by atoms with van der Waals surface area (Å²) in [5.74, 6) is -0.373. The monoisotopic (exact) mass is 293 g/mol. The van der Waals surface area contributed by atoms with Crippen LogP contribution >= 0.6 is 0 Å². The molecule has 0 aromatic heterocycles. The molecule has 1 amide bonds. The van der Waals surface area contributed by atoms with Crippen molar-refractivity contribution in [2.45, 2.75) is 24.7 Å². The minimum absolute atomic E-state index is 0.0719. The molecular weight excluding hydrogens is 278 g/mol. The molecule has 0 atom stereocenters. The highest BCUT2D eigenvalue weighted by molar-refractivity contribution is 7.89. The molecule has 0 heterocycles. The molecule has 2 N–H and O–H groups in total. The van der Waals surface area contributed by atoms with Gasteiger partial charge in [0.05, 0.1) is 11.0 Å². The van der Waals surface area contributed by atoms with Gasteiger partial charge in [-0.15, -0.1) is 0 Å². The first-order valence-corrected chi connectivity index (χ1v) is 7.60. The molecule has 0 unspecified atom stereocenters. The number of hydrogen-bond acceptors (Lipinski definition) is 4. The van der Waals surface area contributed by atoms with E-state index in [1.54, 1.807) is 13.0 Å². The van der Waals surface area contributed by atoms with Crippen molar-refractivity contribution in [1.29, 1.82) is 5.26 Å². The predicted molar refractivity (Wildman–Crippen MR) is 73.3 cm³/mol. The second-order valence-corrected chi connectivity index (χ2v) is 6.72. The second kappa shape index (κ2) is 4.89. The maximum Gasteiger partial charge on any atom is 0.244 e. The fourth-order valence-corrected chi connectivity index (χ4v) is 2.53. The quantitative estimate of drug-likeness (QED) is 0.869. The smallest absolute Gasteiger partial charge is 0.244 e. The maximum absolute atomic E-state index is 12.0. The van der Waals surface area contributed by atoms with E-state index in [9.17, 15) is 13.2 Å². The standard InChI is InChI=1S/C13H15N3O3S/c1-9-3-4-10(20(18,19)15-2)7-11(9)16-12(17)13(8-14)5-6-13/h3-4,7,15H,5-6H2,1-2H3,(H,16,17). The van der Waals surface area contributed by atoms with Crippen molar-refractivity contribution in [2.75, 3.05) is 12.4 Å². The maximum atomic E-state index is 12.0. The summed E-state index contributed by atoms with van der Waals surface area (Å²) in [5.41, 5.74) is 0.208. The molecule has 1 saturated carbocycles. The number of hydrogen-bond donors (Lipinski definition) is 2. The van der Waals surface area contributed by atoms with Crippen LogP contribution in [-0.4, -0.2) is 21.4 Å². The lowest BCUT2D eigenvalue weighted by Gasteiger charge is -2.12. The number of carbonyl (C=O) groups is 1. The molecule has 1 fully saturated rings. The highest BCUT2D eigenvalue weighted by Crippen LogP contribution is 2.45. The molecule has 106 valence electrons. The molecule has 1 aromatic carbocycles. The van der Waals surface area contributed by atoms with Crippen LogP contribution in [0.25, 0.3) is 0 Å². The number of amides is 1. The van der Waals surface area contributed by atoms with Crippen molar-refractivity contribution in [3.8, 4) is 6.07 Å². The summed E-state index contributed by atoms with van der Waals surface area (Å²) in [5, 5.41) is 11.6. The van der Waals surface area contributed by atoms with Gasteiger partial charge in [0.1, 0.15) is 5.41 Å². The Kier molecular flexibility index (Phi) is 3.54. The van der Waals surface area contributed by atoms with E-state index >= 15 is 0 Å². The van der Waals surface area contributed by atoms with Gasteiger partial charge in [-0.3, -0.25) is 4.79 Å². The van der Waals surface area contributed by atoms with Gasteiger partial charge in [0.15, 0.2) is 0 Å². The summed E-state index contributed by atoms with van der Waals surface area (Å²) in [4.78, 5) is 12.1. The van der Waals surface area contributed by atoms with Crippen LogP contribution in [0.4, 0.5) is 5.69 Å². The number of carbonyl (C=O) groups excluding carboxylic acids is 1. The first-order valence-electron chi connectivity index (χ1n) is 6.11. The molecule has 0 radical (unpaired) electrons. The van der Waals surface area contributed by atoms with Gasteiger partial charge in [0.2, 0.25) is 15.9 Å².